The second-order valence-electron chi connectivity index (χ2n) is 2.75. The van der Waals surface area contributed by atoms with Crippen molar-refractivity contribution in [3.63, 3.8) is 0 Å². The number of halogens is 2. The summed E-state index contributed by atoms with van der Waals surface area (Å²) >= 11 is 0. The molecular formula is C7H6F2N4O3. The first-order valence-corrected chi connectivity index (χ1v) is 3.87. The van der Waals surface area contributed by atoms with Crippen molar-refractivity contribution >= 4 is 17.3 Å². The predicted molar refractivity (Wildman–Crippen MR) is 48.8 cm³/mol. The first-order valence-electron chi connectivity index (χ1n) is 3.87. The van der Waals surface area contributed by atoms with Crippen LogP contribution in [0.25, 0.3) is 0 Å². The summed E-state index contributed by atoms with van der Waals surface area (Å²) in [6.07, 6.45) is -3.22. The highest BCUT2D eigenvalue weighted by Gasteiger charge is 2.28. The Balaban J connectivity index is 3.51. The topological polar surface area (TPSA) is 125 Å². The third-order valence-electron chi connectivity index (χ3n) is 1.69. The van der Waals surface area contributed by atoms with E-state index in [0.29, 0.717) is 0 Å². The van der Waals surface area contributed by atoms with Crippen LogP contribution < -0.4 is 11.5 Å². The number of aromatic nitrogens is 1. The highest BCUT2D eigenvalue weighted by molar-refractivity contribution is 5.92. The zero-order chi connectivity index (χ0) is 12.5. The average Bonchev–Trinajstić information content (AvgIpc) is 2.15. The van der Waals surface area contributed by atoms with E-state index in [2.05, 4.69) is 4.98 Å². The Bertz CT molecular complexity index is 463. The summed E-state index contributed by atoms with van der Waals surface area (Å²) in [7, 11) is 0. The number of pyridine rings is 1. The monoisotopic (exact) mass is 232 g/mol. The number of alkyl halides is 2. The average molecular weight is 232 g/mol. The molecule has 9 heteroatoms. The van der Waals surface area contributed by atoms with Gasteiger partial charge in [0, 0.05) is 0 Å². The van der Waals surface area contributed by atoms with Crippen LogP contribution >= 0.6 is 0 Å². The Kier molecular flexibility index (Phi) is 2.97. The molecule has 1 amide bonds. The molecule has 0 fully saturated rings. The van der Waals surface area contributed by atoms with Gasteiger partial charge in [-0.2, -0.15) is 0 Å². The molecule has 0 aliphatic carbocycles. The molecule has 0 atom stereocenters. The lowest BCUT2D eigenvalue weighted by Gasteiger charge is -2.05. The first kappa shape index (κ1) is 11.8. The maximum atomic E-state index is 12.4. The fourth-order valence-electron chi connectivity index (χ4n) is 1.06. The molecule has 16 heavy (non-hydrogen) atoms. The number of nitrogens with two attached hydrogens (primary N) is 2. The molecule has 0 bridgehead atoms. The number of hydrogen-bond donors (Lipinski definition) is 2. The molecule has 0 aliphatic rings. The van der Waals surface area contributed by atoms with Crippen LogP contribution in [-0.4, -0.2) is 15.8 Å². The van der Waals surface area contributed by atoms with E-state index >= 15 is 0 Å². The fourth-order valence-corrected chi connectivity index (χ4v) is 1.06. The lowest BCUT2D eigenvalue weighted by Crippen LogP contribution is -2.16. The Labute approximate surface area is 87.2 Å². The summed E-state index contributed by atoms with van der Waals surface area (Å²) in [5.41, 5.74) is 6.68. The van der Waals surface area contributed by atoms with E-state index in [1.165, 1.54) is 0 Å². The summed E-state index contributed by atoms with van der Waals surface area (Å²) in [6.45, 7) is 0. The van der Waals surface area contributed by atoms with Gasteiger partial charge in [0.15, 0.2) is 5.69 Å². The molecule has 4 N–H and O–H groups in total. The highest BCUT2D eigenvalue weighted by atomic mass is 19.3. The van der Waals surface area contributed by atoms with E-state index in [9.17, 15) is 23.7 Å². The van der Waals surface area contributed by atoms with Gasteiger partial charge >= 0.3 is 5.69 Å². The van der Waals surface area contributed by atoms with Gasteiger partial charge < -0.3 is 11.5 Å². The molecule has 0 unspecified atom stereocenters. The molecular weight excluding hydrogens is 226 g/mol. The number of primary amides is 1. The Morgan fingerprint density at radius 3 is 2.50 bits per heavy atom. The number of anilines is 1. The molecule has 1 heterocycles. The number of nitrogen functional groups attached to an aromatic ring is 1. The second kappa shape index (κ2) is 4.04. The summed E-state index contributed by atoms with van der Waals surface area (Å²) in [4.78, 5) is 23.2. The van der Waals surface area contributed by atoms with Gasteiger partial charge in [0.1, 0.15) is 11.4 Å². The predicted octanol–water partition coefficient (Wildman–Crippen LogP) is 0.609. The van der Waals surface area contributed by atoms with Crippen molar-refractivity contribution in [1.29, 1.82) is 0 Å². The van der Waals surface area contributed by atoms with E-state index < -0.39 is 40.0 Å². The molecule has 1 rings (SSSR count). The van der Waals surface area contributed by atoms with Crippen LogP contribution in [0.4, 0.5) is 20.2 Å². The van der Waals surface area contributed by atoms with E-state index in [4.69, 9.17) is 11.5 Å². The Morgan fingerprint density at radius 2 is 2.12 bits per heavy atom. The van der Waals surface area contributed by atoms with Crippen molar-refractivity contribution in [2.24, 2.45) is 5.73 Å². The highest BCUT2D eigenvalue weighted by Crippen LogP contribution is 2.32. The molecule has 0 aliphatic heterocycles. The Hall–Kier alpha value is -2.32. The summed E-state index contributed by atoms with van der Waals surface area (Å²) < 4.78 is 24.9. The molecule has 1 aromatic heterocycles. The van der Waals surface area contributed by atoms with Gasteiger partial charge in [-0.05, 0) is 6.07 Å². The third-order valence-corrected chi connectivity index (χ3v) is 1.69. The lowest BCUT2D eigenvalue weighted by atomic mass is 10.2. The largest absolute Gasteiger partial charge is 0.393 e. The number of carbonyl (C=O) groups is 1. The van der Waals surface area contributed by atoms with Gasteiger partial charge in [-0.1, -0.05) is 0 Å². The smallest absolute Gasteiger partial charge is 0.319 e. The summed E-state index contributed by atoms with van der Waals surface area (Å²) in [5, 5.41) is 10.5. The maximum Gasteiger partial charge on any atom is 0.319 e. The van der Waals surface area contributed by atoms with Crippen LogP contribution in [0.5, 0.6) is 0 Å². The number of amides is 1. The quantitative estimate of drug-likeness (QED) is 0.583. The van der Waals surface area contributed by atoms with Gasteiger partial charge in [-0.25, -0.2) is 13.8 Å². The van der Waals surface area contributed by atoms with Gasteiger partial charge in [0.05, 0.1) is 4.92 Å². The number of rotatable bonds is 3. The zero-order valence-electron chi connectivity index (χ0n) is 7.68. The van der Waals surface area contributed by atoms with Gasteiger partial charge in [0.2, 0.25) is 0 Å². The van der Waals surface area contributed by atoms with Gasteiger partial charge in [-0.3, -0.25) is 14.9 Å². The van der Waals surface area contributed by atoms with Crippen LogP contribution in [0.2, 0.25) is 0 Å². The second-order valence-corrected chi connectivity index (χ2v) is 2.75. The van der Waals surface area contributed by atoms with Crippen molar-refractivity contribution in [3.8, 4) is 0 Å². The van der Waals surface area contributed by atoms with E-state index in [-0.39, 0.29) is 0 Å². The minimum absolute atomic E-state index is 0.543. The molecule has 86 valence electrons. The molecule has 0 aromatic carbocycles. The minimum Gasteiger partial charge on any atom is -0.393 e. The standard InChI is InChI=1S/C7H6F2N4O3/c8-6(9)4-5(13(15)16)2(10)1-3(12-4)7(11)14/h1,6H,(H2,10,12)(H2,11,14). The van der Waals surface area contributed by atoms with Crippen molar-refractivity contribution in [1.82, 2.24) is 4.98 Å². The van der Waals surface area contributed by atoms with Crippen molar-refractivity contribution < 1.29 is 18.5 Å². The summed E-state index contributed by atoms with van der Waals surface area (Å²) in [5.74, 6) is -1.09. The van der Waals surface area contributed by atoms with Gasteiger partial charge in [0.25, 0.3) is 12.3 Å². The van der Waals surface area contributed by atoms with Crippen molar-refractivity contribution in [2.75, 3.05) is 5.73 Å². The molecule has 1 aromatic rings. The molecule has 7 nitrogen and oxygen atoms in total. The van der Waals surface area contributed by atoms with Crippen LogP contribution in [-0.2, 0) is 0 Å². The lowest BCUT2D eigenvalue weighted by molar-refractivity contribution is -0.385. The van der Waals surface area contributed by atoms with Crippen molar-refractivity contribution in [2.45, 2.75) is 6.43 Å². The minimum atomic E-state index is -3.22. The number of carbonyl (C=O) groups excluding carboxylic acids is 1. The van der Waals surface area contributed by atoms with Crippen LogP contribution in [0, 0.1) is 10.1 Å². The first-order chi connectivity index (χ1) is 7.34. The summed E-state index contributed by atoms with van der Waals surface area (Å²) in [6, 6.07) is 0.784. The maximum absolute atomic E-state index is 12.4. The Morgan fingerprint density at radius 1 is 1.56 bits per heavy atom. The fraction of sp³-hybridized carbons (Fsp3) is 0.143. The number of nitrogens with zero attached hydrogens (tertiary/aromatic N) is 2. The van der Waals surface area contributed by atoms with Crippen LogP contribution in [0.15, 0.2) is 6.07 Å². The normalized spacial score (nSPS) is 10.4. The molecule has 0 radical (unpaired) electrons. The SMILES string of the molecule is NC(=O)c1cc(N)c([N+](=O)[O-])c(C(F)F)n1. The zero-order valence-corrected chi connectivity index (χ0v) is 7.68. The molecule has 0 saturated heterocycles. The van der Waals surface area contributed by atoms with Crippen molar-refractivity contribution in [3.05, 3.63) is 27.6 Å². The molecule has 0 saturated carbocycles. The van der Waals surface area contributed by atoms with E-state index in [1.807, 2.05) is 0 Å². The molecule has 0 spiro atoms. The third kappa shape index (κ3) is 2.02. The van der Waals surface area contributed by atoms with E-state index in [0.717, 1.165) is 6.07 Å². The van der Waals surface area contributed by atoms with Crippen LogP contribution in [0.3, 0.4) is 0 Å². The number of nitro groups is 1. The van der Waals surface area contributed by atoms with E-state index in [1.54, 1.807) is 0 Å². The van der Waals surface area contributed by atoms with Crippen LogP contribution in [0.1, 0.15) is 22.6 Å². The number of hydrogen-bond acceptors (Lipinski definition) is 5. The van der Waals surface area contributed by atoms with Gasteiger partial charge in [-0.15, -0.1) is 0 Å².